The van der Waals surface area contributed by atoms with E-state index in [2.05, 4.69) is 33.1 Å². The van der Waals surface area contributed by atoms with Crippen LogP contribution in [0.15, 0.2) is 17.1 Å². The molecule has 5 nitrogen and oxygen atoms in total. The van der Waals surface area contributed by atoms with Gasteiger partial charge in [0.1, 0.15) is 0 Å². The lowest BCUT2D eigenvalue weighted by molar-refractivity contribution is -0.128. The van der Waals surface area contributed by atoms with Crippen LogP contribution in [0.1, 0.15) is 26.7 Å². The molecule has 0 aliphatic heterocycles. The number of amides is 1. The van der Waals surface area contributed by atoms with Gasteiger partial charge in [0.05, 0.1) is 5.41 Å². The summed E-state index contributed by atoms with van der Waals surface area (Å²) in [6, 6.07) is 0.416. The topological polar surface area (TPSA) is 65.5 Å². The molecule has 0 aromatic rings. The summed E-state index contributed by atoms with van der Waals surface area (Å²) in [5.41, 5.74) is -0.458. The highest BCUT2D eigenvalue weighted by molar-refractivity contribution is 5.84. The number of carbonyl (C=O) groups is 1. The summed E-state index contributed by atoms with van der Waals surface area (Å²) in [5.74, 6) is 0.772. The van der Waals surface area contributed by atoms with Crippen LogP contribution in [0, 0.1) is 5.41 Å². The zero-order chi connectivity index (χ0) is 13.6. The van der Waals surface area contributed by atoms with Crippen molar-refractivity contribution in [2.24, 2.45) is 10.4 Å². The van der Waals surface area contributed by atoms with Crippen LogP contribution in [-0.4, -0.2) is 38.5 Å². The van der Waals surface area contributed by atoms with Gasteiger partial charge in [-0.1, -0.05) is 12.2 Å². The Morgan fingerprint density at radius 3 is 2.50 bits per heavy atom. The maximum absolute atomic E-state index is 11.7. The van der Waals surface area contributed by atoms with Gasteiger partial charge in [0.15, 0.2) is 5.96 Å². The number of hydrogen-bond donors (Lipinski definition) is 3. The number of carbonyl (C=O) groups excluding carboxylic acids is 1. The van der Waals surface area contributed by atoms with Gasteiger partial charge in [0.2, 0.25) is 5.91 Å². The molecule has 0 saturated heterocycles. The molecule has 18 heavy (non-hydrogen) atoms. The zero-order valence-corrected chi connectivity index (χ0v) is 11.7. The van der Waals surface area contributed by atoms with Gasteiger partial charge in [-0.05, 0) is 26.7 Å². The standard InChI is InChI=1S/C13H24N4O/c1-13(2,11(18)14-3)9-16-12(15-4)17-10-7-5-6-8-10/h5-6,10H,7-9H2,1-4H3,(H,14,18)(H2,15,16,17). The quantitative estimate of drug-likeness (QED) is 0.391. The maximum atomic E-state index is 11.7. The Labute approximate surface area is 109 Å². The SMILES string of the molecule is CN=C(NCC(C)(C)C(=O)NC)NC1CC=CC1. The summed E-state index contributed by atoms with van der Waals surface area (Å²) < 4.78 is 0. The van der Waals surface area contributed by atoms with Gasteiger partial charge >= 0.3 is 0 Å². The van der Waals surface area contributed by atoms with Crippen LogP contribution in [-0.2, 0) is 4.79 Å². The summed E-state index contributed by atoms with van der Waals surface area (Å²) >= 11 is 0. The van der Waals surface area contributed by atoms with E-state index < -0.39 is 5.41 Å². The summed E-state index contributed by atoms with van der Waals surface area (Å²) in [6.45, 7) is 4.36. The van der Waals surface area contributed by atoms with Crippen LogP contribution in [0.3, 0.4) is 0 Å². The number of guanidine groups is 1. The fraction of sp³-hybridized carbons (Fsp3) is 0.692. The largest absolute Gasteiger partial charge is 0.359 e. The molecule has 1 aliphatic carbocycles. The van der Waals surface area contributed by atoms with Crippen LogP contribution in [0.4, 0.5) is 0 Å². The lowest BCUT2D eigenvalue weighted by Crippen LogP contribution is -2.49. The van der Waals surface area contributed by atoms with Crippen molar-refractivity contribution in [2.75, 3.05) is 20.6 Å². The molecule has 0 saturated carbocycles. The average molecular weight is 252 g/mol. The Morgan fingerprint density at radius 2 is 2.00 bits per heavy atom. The van der Waals surface area contributed by atoms with E-state index in [4.69, 9.17) is 0 Å². The monoisotopic (exact) mass is 252 g/mol. The van der Waals surface area contributed by atoms with E-state index in [1.807, 2.05) is 13.8 Å². The molecular weight excluding hydrogens is 228 g/mol. The van der Waals surface area contributed by atoms with Gasteiger partial charge in [0, 0.05) is 26.7 Å². The van der Waals surface area contributed by atoms with Crippen molar-refractivity contribution in [3.8, 4) is 0 Å². The van der Waals surface area contributed by atoms with E-state index in [-0.39, 0.29) is 5.91 Å². The normalized spacial score (nSPS) is 16.8. The third-order valence-electron chi connectivity index (χ3n) is 3.11. The van der Waals surface area contributed by atoms with Crippen molar-refractivity contribution in [3.05, 3.63) is 12.2 Å². The molecule has 0 atom stereocenters. The Hall–Kier alpha value is -1.52. The van der Waals surface area contributed by atoms with E-state index in [0.717, 1.165) is 18.8 Å². The van der Waals surface area contributed by atoms with Gasteiger partial charge in [-0.2, -0.15) is 0 Å². The van der Waals surface area contributed by atoms with E-state index in [1.54, 1.807) is 14.1 Å². The first-order chi connectivity index (χ1) is 8.49. The second-order valence-corrected chi connectivity index (χ2v) is 5.17. The summed E-state index contributed by atoms with van der Waals surface area (Å²) in [5, 5.41) is 9.21. The molecule has 0 heterocycles. The molecule has 5 heteroatoms. The van der Waals surface area contributed by atoms with Gasteiger partial charge < -0.3 is 16.0 Å². The Morgan fingerprint density at radius 1 is 1.39 bits per heavy atom. The summed E-state index contributed by atoms with van der Waals surface area (Å²) in [7, 11) is 3.39. The number of nitrogens with one attached hydrogen (secondary N) is 3. The maximum Gasteiger partial charge on any atom is 0.227 e. The molecule has 102 valence electrons. The molecule has 1 rings (SSSR count). The lowest BCUT2D eigenvalue weighted by atomic mass is 9.92. The van der Waals surface area contributed by atoms with Gasteiger partial charge in [0.25, 0.3) is 0 Å². The predicted octanol–water partition coefficient (Wildman–Crippen LogP) is 0.642. The van der Waals surface area contributed by atoms with Crippen molar-refractivity contribution < 1.29 is 4.79 Å². The molecule has 0 spiro atoms. The first-order valence-corrected chi connectivity index (χ1v) is 6.34. The fourth-order valence-corrected chi connectivity index (χ4v) is 1.85. The number of hydrogen-bond acceptors (Lipinski definition) is 2. The van der Waals surface area contributed by atoms with Crippen molar-refractivity contribution in [1.82, 2.24) is 16.0 Å². The molecule has 1 aliphatic rings. The third kappa shape index (κ3) is 4.05. The van der Waals surface area contributed by atoms with Crippen molar-refractivity contribution in [2.45, 2.75) is 32.7 Å². The zero-order valence-electron chi connectivity index (χ0n) is 11.7. The molecule has 3 N–H and O–H groups in total. The smallest absolute Gasteiger partial charge is 0.227 e. The third-order valence-corrected chi connectivity index (χ3v) is 3.11. The minimum absolute atomic E-state index is 0.0213. The number of nitrogens with zero attached hydrogens (tertiary/aromatic N) is 1. The highest BCUT2D eigenvalue weighted by Gasteiger charge is 2.26. The fourth-order valence-electron chi connectivity index (χ4n) is 1.85. The average Bonchev–Trinajstić information content (AvgIpc) is 2.86. The van der Waals surface area contributed by atoms with E-state index >= 15 is 0 Å². The summed E-state index contributed by atoms with van der Waals surface area (Å²) in [6.07, 6.45) is 6.39. The second-order valence-electron chi connectivity index (χ2n) is 5.17. The van der Waals surface area contributed by atoms with E-state index in [0.29, 0.717) is 12.6 Å². The Bertz CT molecular complexity index is 339. The van der Waals surface area contributed by atoms with Crippen molar-refractivity contribution in [3.63, 3.8) is 0 Å². The first-order valence-electron chi connectivity index (χ1n) is 6.34. The Kier molecular flexibility index (Phi) is 5.19. The minimum Gasteiger partial charge on any atom is -0.359 e. The second kappa shape index (κ2) is 6.42. The van der Waals surface area contributed by atoms with Crippen LogP contribution >= 0.6 is 0 Å². The molecule has 1 amide bonds. The van der Waals surface area contributed by atoms with Crippen LogP contribution in [0.5, 0.6) is 0 Å². The van der Waals surface area contributed by atoms with Crippen LogP contribution in [0.2, 0.25) is 0 Å². The molecule has 0 radical (unpaired) electrons. The number of rotatable bonds is 4. The van der Waals surface area contributed by atoms with E-state index in [1.165, 1.54) is 0 Å². The van der Waals surface area contributed by atoms with Gasteiger partial charge in [-0.15, -0.1) is 0 Å². The van der Waals surface area contributed by atoms with Crippen LogP contribution in [0.25, 0.3) is 0 Å². The van der Waals surface area contributed by atoms with Crippen molar-refractivity contribution >= 4 is 11.9 Å². The minimum atomic E-state index is -0.458. The van der Waals surface area contributed by atoms with Gasteiger partial charge in [-0.3, -0.25) is 9.79 Å². The van der Waals surface area contributed by atoms with Crippen molar-refractivity contribution in [1.29, 1.82) is 0 Å². The highest BCUT2D eigenvalue weighted by Crippen LogP contribution is 2.13. The lowest BCUT2D eigenvalue weighted by Gasteiger charge is -2.25. The molecule has 0 unspecified atom stereocenters. The van der Waals surface area contributed by atoms with E-state index in [9.17, 15) is 4.79 Å². The first kappa shape index (κ1) is 14.5. The Balaban J connectivity index is 2.42. The molecule has 0 aromatic heterocycles. The highest BCUT2D eigenvalue weighted by atomic mass is 16.2. The number of aliphatic imine (C=N–C) groups is 1. The van der Waals surface area contributed by atoms with Crippen LogP contribution < -0.4 is 16.0 Å². The summed E-state index contributed by atoms with van der Waals surface area (Å²) in [4.78, 5) is 15.8. The van der Waals surface area contributed by atoms with Gasteiger partial charge in [-0.25, -0.2) is 0 Å². The molecule has 0 bridgehead atoms. The molecule has 0 fully saturated rings. The predicted molar refractivity (Wildman–Crippen MR) is 74.5 cm³/mol. The molecular formula is C13H24N4O. The molecule has 0 aromatic carbocycles.